The molecule has 11 nitrogen and oxygen atoms in total. The summed E-state index contributed by atoms with van der Waals surface area (Å²) in [5.74, 6) is 0.372. The number of amides is 1. The Bertz CT molecular complexity index is 1370. The first-order valence-electron chi connectivity index (χ1n) is 11.0. The Balaban J connectivity index is 1.49. The fourth-order valence-electron chi connectivity index (χ4n) is 4.14. The van der Waals surface area contributed by atoms with E-state index in [1.807, 2.05) is 0 Å². The zero-order chi connectivity index (χ0) is 24.5. The number of aromatic nitrogens is 5. The molecule has 3 aromatic heterocycles. The summed E-state index contributed by atoms with van der Waals surface area (Å²) in [6.45, 7) is 0.779. The van der Waals surface area contributed by atoms with Crippen LogP contribution in [0.1, 0.15) is 18.2 Å². The van der Waals surface area contributed by atoms with Gasteiger partial charge in [-0.2, -0.15) is 10.2 Å². The van der Waals surface area contributed by atoms with Crippen molar-refractivity contribution in [3.05, 3.63) is 59.6 Å². The normalized spacial score (nSPS) is 16.6. The van der Waals surface area contributed by atoms with Crippen LogP contribution in [0.3, 0.4) is 0 Å². The highest BCUT2D eigenvalue weighted by molar-refractivity contribution is 6.31. The van der Waals surface area contributed by atoms with Crippen molar-refractivity contribution in [3.8, 4) is 17.0 Å². The molecule has 3 N–H and O–H groups in total. The van der Waals surface area contributed by atoms with E-state index in [4.69, 9.17) is 16.3 Å². The van der Waals surface area contributed by atoms with Crippen LogP contribution in [0, 0.1) is 0 Å². The van der Waals surface area contributed by atoms with E-state index in [1.54, 1.807) is 59.4 Å². The molecule has 0 radical (unpaired) electrons. The van der Waals surface area contributed by atoms with Gasteiger partial charge in [-0.1, -0.05) is 11.6 Å². The van der Waals surface area contributed by atoms with E-state index in [0.717, 1.165) is 0 Å². The van der Waals surface area contributed by atoms with Crippen LogP contribution in [-0.2, 0) is 11.3 Å². The van der Waals surface area contributed by atoms with Crippen LogP contribution in [-0.4, -0.2) is 71.7 Å². The predicted octanol–water partition coefficient (Wildman–Crippen LogP) is 1.95. The van der Waals surface area contributed by atoms with Gasteiger partial charge in [-0.25, -0.2) is 9.50 Å². The summed E-state index contributed by atoms with van der Waals surface area (Å²) in [5.41, 5.74) is 2.48. The minimum Gasteiger partial charge on any atom is -0.496 e. The molecule has 1 aromatic carbocycles. The Labute approximate surface area is 205 Å². The molecule has 182 valence electrons. The average molecular weight is 498 g/mol. The SMILES string of the molecule is COc1ccc(Cl)cc1-c1nn(CC(=O)N2CCC(O)C2)cc1NC(O)c1cnn2cccnc12. The number of carbonyl (C=O) groups is 1. The van der Waals surface area contributed by atoms with Crippen molar-refractivity contribution in [1.82, 2.24) is 29.3 Å². The lowest BCUT2D eigenvalue weighted by molar-refractivity contribution is -0.131. The Morgan fingerprint density at radius 3 is 3.03 bits per heavy atom. The highest BCUT2D eigenvalue weighted by Crippen LogP contribution is 2.37. The monoisotopic (exact) mass is 497 g/mol. The van der Waals surface area contributed by atoms with E-state index in [1.165, 1.54) is 10.9 Å². The number of ether oxygens (including phenoxy) is 1. The van der Waals surface area contributed by atoms with Crippen molar-refractivity contribution in [1.29, 1.82) is 0 Å². The first-order valence-corrected chi connectivity index (χ1v) is 11.4. The quantitative estimate of drug-likeness (QED) is 0.330. The van der Waals surface area contributed by atoms with Crippen LogP contribution >= 0.6 is 11.6 Å². The van der Waals surface area contributed by atoms with E-state index in [9.17, 15) is 15.0 Å². The molecule has 4 aromatic rings. The van der Waals surface area contributed by atoms with Gasteiger partial charge in [0.2, 0.25) is 5.91 Å². The lowest BCUT2D eigenvalue weighted by atomic mass is 10.1. The molecule has 5 rings (SSSR count). The van der Waals surface area contributed by atoms with Gasteiger partial charge < -0.3 is 25.2 Å². The number of fused-ring (bicyclic) bond motifs is 1. The molecule has 0 aliphatic carbocycles. The van der Waals surface area contributed by atoms with Crippen molar-refractivity contribution >= 4 is 28.8 Å². The highest BCUT2D eigenvalue weighted by Gasteiger charge is 2.26. The molecule has 0 spiro atoms. The zero-order valence-electron chi connectivity index (χ0n) is 18.9. The summed E-state index contributed by atoms with van der Waals surface area (Å²) in [7, 11) is 1.54. The van der Waals surface area contributed by atoms with Gasteiger partial charge >= 0.3 is 0 Å². The number of rotatable bonds is 7. The van der Waals surface area contributed by atoms with Gasteiger partial charge in [0.25, 0.3) is 0 Å². The number of anilines is 1. The maximum absolute atomic E-state index is 12.8. The maximum atomic E-state index is 12.8. The number of nitrogens with zero attached hydrogens (tertiary/aromatic N) is 6. The number of halogens is 1. The third kappa shape index (κ3) is 4.65. The van der Waals surface area contributed by atoms with E-state index in [2.05, 4.69) is 20.5 Å². The second kappa shape index (κ2) is 9.53. The van der Waals surface area contributed by atoms with Gasteiger partial charge in [-0.3, -0.25) is 9.48 Å². The molecule has 0 saturated carbocycles. The van der Waals surface area contributed by atoms with Crippen LogP contribution in [0.5, 0.6) is 5.75 Å². The minimum absolute atomic E-state index is 0.0291. The predicted molar refractivity (Wildman–Crippen MR) is 128 cm³/mol. The fraction of sp³-hybridized carbons (Fsp3) is 0.304. The average Bonchev–Trinajstić information content (AvgIpc) is 3.57. The lowest BCUT2D eigenvalue weighted by Crippen LogP contribution is -2.32. The summed E-state index contributed by atoms with van der Waals surface area (Å²) < 4.78 is 8.56. The summed E-state index contributed by atoms with van der Waals surface area (Å²) in [6, 6.07) is 6.88. The second-order valence-electron chi connectivity index (χ2n) is 8.25. The summed E-state index contributed by atoms with van der Waals surface area (Å²) in [6.07, 6.45) is 5.42. The summed E-state index contributed by atoms with van der Waals surface area (Å²) >= 11 is 6.26. The molecule has 1 amide bonds. The van der Waals surface area contributed by atoms with Crippen molar-refractivity contribution in [2.45, 2.75) is 25.3 Å². The fourth-order valence-corrected chi connectivity index (χ4v) is 4.31. The molecule has 2 unspecified atom stereocenters. The Morgan fingerprint density at radius 1 is 1.40 bits per heavy atom. The number of hydrogen-bond donors (Lipinski definition) is 3. The molecule has 4 heterocycles. The number of likely N-dealkylation sites (tertiary alicyclic amines) is 1. The van der Waals surface area contributed by atoms with Crippen LogP contribution in [0.4, 0.5) is 5.69 Å². The number of β-amino-alcohol motifs (C(OH)–C–C–N with tert-alkyl or cyclic N) is 1. The van der Waals surface area contributed by atoms with Gasteiger partial charge in [0.1, 0.15) is 18.0 Å². The maximum Gasteiger partial charge on any atom is 0.244 e. The van der Waals surface area contributed by atoms with Crippen molar-refractivity contribution in [2.24, 2.45) is 0 Å². The smallest absolute Gasteiger partial charge is 0.244 e. The summed E-state index contributed by atoms with van der Waals surface area (Å²) in [4.78, 5) is 18.7. The molecule has 12 heteroatoms. The molecule has 2 atom stereocenters. The van der Waals surface area contributed by atoms with E-state index in [-0.39, 0.29) is 12.5 Å². The van der Waals surface area contributed by atoms with Gasteiger partial charge in [0, 0.05) is 42.3 Å². The summed E-state index contributed by atoms with van der Waals surface area (Å²) in [5, 5.41) is 33.2. The molecular formula is C23H24ClN7O4. The minimum atomic E-state index is -1.16. The Hall–Kier alpha value is -3.67. The molecule has 1 saturated heterocycles. The van der Waals surface area contributed by atoms with Crippen molar-refractivity contribution in [3.63, 3.8) is 0 Å². The third-order valence-corrected chi connectivity index (χ3v) is 6.12. The van der Waals surface area contributed by atoms with E-state index < -0.39 is 12.3 Å². The van der Waals surface area contributed by atoms with Gasteiger partial charge in [0.05, 0.1) is 30.7 Å². The zero-order valence-corrected chi connectivity index (χ0v) is 19.6. The van der Waals surface area contributed by atoms with Crippen LogP contribution in [0.25, 0.3) is 16.9 Å². The lowest BCUT2D eigenvalue weighted by Gasteiger charge is -2.15. The van der Waals surface area contributed by atoms with Crippen molar-refractivity contribution < 1.29 is 19.7 Å². The van der Waals surface area contributed by atoms with Gasteiger partial charge in [-0.15, -0.1) is 0 Å². The second-order valence-corrected chi connectivity index (χ2v) is 8.69. The Morgan fingerprint density at radius 2 is 2.26 bits per heavy atom. The number of aliphatic hydroxyl groups is 2. The molecule has 1 aliphatic rings. The largest absolute Gasteiger partial charge is 0.496 e. The topological polar surface area (TPSA) is 130 Å². The number of methoxy groups -OCH3 is 1. The van der Waals surface area contributed by atoms with Crippen LogP contribution in [0.2, 0.25) is 5.02 Å². The van der Waals surface area contributed by atoms with Crippen LogP contribution < -0.4 is 10.1 Å². The molecule has 1 aliphatic heterocycles. The van der Waals surface area contributed by atoms with Gasteiger partial charge in [-0.05, 0) is 30.7 Å². The number of nitrogens with one attached hydrogen (secondary N) is 1. The first-order chi connectivity index (χ1) is 16.9. The number of carbonyl (C=O) groups excluding carboxylic acids is 1. The van der Waals surface area contributed by atoms with E-state index in [0.29, 0.717) is 58.4 Å². The third-order valence-electron chi connectivity index (χ3n) is 5.89. The highest BCUT2D eigenvalue weighted by atomic mass is 35.5. The number of aliphatic hydroxyl groups excluding tert-OH is 2. The standard InChI is InChI=1S/C23H24ClN7O4/c1-35-19-4-3-14(24)9-16(19)21-18(12-30(28-21)13-20(33)29-8-5-15(32)11-29)27-23(34)17-10-26-31-7-2-6-25-22(17)31/h2-4,6-7,9-10,12,15,23,27,32,34H,5,8,11,13H2,1H3. The van der Waals surface area contributed by atoms with Crippen LogP contribution in [0.15, 0.2) is 49.1 Å². The van der Waals surface area contributed by atoms with Crippen molar-refractivity contribution in [2.75, 3.05) is 25.5 Å². The van der Waals surface area contributed by atoms with E-state index >= 15 is 0 Å². The molecule has 0 bridgehead atoms. The number of benzene rings is 1. The van der Waals surface area contributed by atoms with Gasteiger partial charge in [0.15, 0.2) is 11.9 Å². The Kier molecular flexibility index (Phi) is 6.29. The molecular weight excluding hydrogens is 474 g/mol. The molecule has 35 heavy (non-hydrogen) atoms. The number of hydrogen-bond acceptors (Lipinski definition) is 8. The first kappa shape index (κ1) is 23.1. The molecule has 1 fully saturated rings.